The Bertz CT molecular complexity index is 162. The molecule has 1 aliphatic heterocycles. The van der Waals surface area contributed by atoms with Crippen LogP contribution in [0.1, 0.15) is 44.9 Å². The first-order valence-electron chi connectivity index (χ1n) is 5.75. The highest BCUT2D eigenvalue weighted by Gasteiger charge is 2.14. The van der Waals surface area contributed by atoms with Gasteiger partial charge in [-0.25, -0.2) is 0 Å². The zero-order valence-electron chi connectivity index (χ0n) is 8.37. The summed E-state index contributed by atoms with van der Waals surface area (Å²) >= 11 is 0. The van der Waals surface area contributed by atoms with E-state index in [1.165, 1.54) is 44.9 Å². The predicted octanol–water partition coefficient (Wildman–Crippen LogP) is 3.30. The van der Waals surface area contributed by atoms with Gasteiger partial charge in [-0.2, -0.15) is 0 Å². The van der Waals surface area contributed by atoms with Gasteiger partial charge in [0, 0.05) is 6.61 Å². The van der Waals surface area contributed by atoms with Gasteiger partial charge in [0.15, 0.2) is 0 Å². The molecule has 0 aromatic rings. The summed E-state index contributed by atoms with van der Waals surface area (Å²) in [7, 11) is 0. The van der Waals surface area contributed by atoms with E-state index in [2.05, 4.69) is 12.2 Å². The normalized spacial score (nSPS) is 31.5. The third-order valence-electron chi connectivity index (χ3n) is 3.21. The van der Waals surface area contributed by atoms with E-state index in [1.807, 2.05) is 0 Å². The van der Waals surface area contributed by atoms with Crippen molar-refractivity contribution in [2.75, 3.05) is 6.61 Å². The van der Waals surface area contributed by atoms with Gasteiger partial charge in [0.1, 0.15) is 0 Å². The molecule has 1 aliphatic carbocycles. The van der Waals surface area contributed by atoms with Crippen LogP contribution in [-0.2, 0) is 4.74 Å². The minimum atomic E-state index is 0.439. The van der Waals surface area contributed by atoms with Crippen LogP contribution in [0.4, 0.5) is 0 Å². The van der Waals surface area contributed by atoms with Gasteiger partial charge in [-0.1, -0.05) is 25.0 Å². The van der Waals surface area contributed by atoms with Crippen molar-refractivity contribution in [1.82, 2.24) is 0 Å². The summed E-state index contributed by atoms with van der Waals surface area (Å²) in [6.07, 6.45) is 14.7. The lowest BCUT2D eigenvalue weighted by Crippen LogP contribution is -2.16. The molecule has 0 amide bonds. The molecule has 1 heterocycles. The Labute approximate surface area is 81.2 Å². The average Bonchev–Trinajstić information content (AvgIpc) is 2.69. The molecular formula is C12H20O. The van der Waals surface area contributed by atoms with Gasteiger partial charge in [-0.15, -0.1) is 0 Å². The molecule has 2 rings (SSSR count). The molecular weight excluding hydrogens is 160 g/mol. The van der Waals surface area contributed by atoms with Gasteiger partial charge in [-0.05, 0) is 38.0 Å². The first kappa shape index (κ1) is 9.26. The molecule has 2 fully saturated rings. The SMILES string of the molecule is C(=C\C1CCCCO1)/C1CCCC1. The topological polar surface area (TPSA) is 9.23 Å². The van der Waals surface area contributed by atoms with Crippen LogP contribution in [0.2, 0.25) is 0 Å². The molecule has 0 bridgehead atoms. The lowest BCUT2D eigenvalue weighted by atomic mass is 10.0. The molecule has 0 spiro atoms. The lowest BCUT2D eigenvalue weighted by molar-refractivity contribution is 0.0463. The molecule has 0 N–H and O–H groups in total. The Morgan fingerprint density at radius 2 is 1.62 bits per heavy atom. The molecule has 1 heteroatoms. The molecule has 0 aromatic carbocycles. The molecule has 13 heavy (non-hydrogen) atoms. The first-order valence-corrected chi connectivity index (χ1v) is 5.75. The van der Waals surface area contributed by atoms with Crippen molar-refractivity contribution in [3.8, 4) is 0 Å². The highest BCUT2D eigenvalue weighted by molar-refractivity contribution is 4.96. The fourth-order valence-electron chi connectivity index (χ4n) is 2.35. The van der Waals surface area contributed by atoms with Crippen molar-refractivity contribution >= 4 is 0 Å². The second-order valence-corrected chi connectivity index (χ2v) is 4.33. The predicted molar refractivity (Wildman–Crippen MR) is 54.7 cm³/mol. The van der Waals surface area contributed by atoms with Crippen LogP contribution in [0.5, 0.6) is 0 Å². The molecule has 1 nitrogen and oxygen atoms in total. The monoisotopic (exact) mass is 180 g/mol. The Hall–Kier alpha value is -0.300. The largest absolute Gasteiger partial charge is 0.374 e. The van der Waals surface area contributed by atoms with Gasteiger partial charge >= 0.3 is 0 Å². The summed E-state index contributed by atoms with van der Waals surface area (Å²) < 4.78 is 5.65. The van der Waals surface area contributed by atoms with Gasteiger partial charge in [-0.3, -0.25) is 0 Å². The van der Waals surface area contributed by atoms with Gasteiger partial charge in [0.05, 0.1) is 6.10 Å². The van der Waals surface area contributed by atoms with E-state index >= 15 is 0 Å². The summed E-state index contributed by atoms with van der Waals surface area (Å²) in [6, 6.07) is 0. The molecule has 1 unspecified atom stereocenters. The lowest BCUT2D eigenvalue weighted by Gasteiger charge is -2.19. The first-order chi connectivity index (χ1) is 6.45. The third kappa shape index (κ3) is 2.84. The molecule has 1 saturated heterocycles. The molecule has 1 atom stereocenters. The Morgan fingerprint density at radius 1 is 0.846 bits per heavy atom. The minimum Gasteiger partial charge on any atom is -0.374 e. The smallest absolute Gasteiger partial charge is 0.0755 e. The summed E-state index contributed by atoms with van der Waals surface area (Å²) in [4.78, 5) is 0. The second kappa shape index (κ2) is 4.80. The number of hydrogen-bond acceptors (Lipinski definition) is 1. The zero-order valence-corrected chi connectivity index (χ0v) is 8.37. The standard InChI is InChI=1S/C12H20O/c1-2-6-11(5-1)8-9-12-7-3-4-10-13-12/h8-9,11-12H,1-7,10H2/b9-8+. The van der Waals surface area contributed by atoms with Crippen LogP contribution < -0.4 is 0 Å². The van der Waals surface area contributed by atoms with Crippen LogP contribution in [0, 0.1) is 5.92 Å². The Balaban J connectivity index is 1.74. The van der Waals surface area contributed by atoms with Crippen molar-refractivity contribution in [1.29, 1.82) is 0 Å². The zero-order chi connectivity index (χ0) is 8.93. The van der Waals surface area contributed by atoms with Crippen molar-refractivity contribution < 1.29 is 4.74 Å². The van der Waals surface area contributed by atoms with Gasteiger partial charge in [0.25, 0.3) is 0 Å². The van der Waals surface area contributed by atoms with E-state index in [1.54, 1.807) is 0 Å². The molecule has 2 aliphatic rings. The van der Waals surface area contributed by atoms with Crippen LogP contribution in [0.3, 0.4) is 0 Å². The number of hydrogen-bond donors (Lipinski definition) is 0. The van der Waals surface area contributed by atoms with Gasteiger partial charge < -0.3 is 4.74 Å². The van der Waals surface area contributed by atoms with Crippen molar-refractivity contribution in [3.05, 3.63) is 12.2 Å². The van der Waals surface area contributed by atoms with Crippen LogP contribution in [0.25, 0.3) is 0 Å². The fourth-order valence-corrected chi connectivity index (χ4v) is 2.35. The van der Waals surface area contributed by atoms with Crippen molar-refractivity contribution in [2.24, 2.45) is 5.92 Å². The highest BCUT2D eigenvalue weighted by Crippen LogP contribution is 2.26. The third-order valence-corrected chi connectivity index (χ3v) is 3.21. The Morgan fingerprint density at radius 3 is 2.31 bits per heavy atom. The van der Waals surface area contributed by atoms with Crippen molar-refractivity contribution in [2.45, 2.75) is 51.0 Å². The highest BCUT2D eigenvalue weighted by atomic mass is 16.5. The van der Waals surface area contributed by atoms with Crippen LogP contribution >= 0.6 is 0 Å². The minimum absolute atomic E-state index is 0.439. The maximum absolute atomic E-state index is 5.65. The summed E-state index contributed by atoms with van der Waals surface area (Å²) in [5.74, 6) is 0.866. The van der Waals surface area contributed by atoms with E-state index in [0.717, 1.165) is 12.5 Å². The number of rotatable bonds is 2. The second-order valence-electron chi connectivity index (χ2n) is 4.33. The molecule has 0 radical (unpaired) electrons. The number of ether oxygens (including phenoxy) is 1. The summed E-state index contributed by atoms with van der Waals surface area (Å²) in [5.41, 5.74) is 0. The van der Waals surface area contributed by atoms with E-state index < -0.39 is 0 Å². The summed E-state index contributed by atoms with van der Waals surface area (Å²) in [5, 5.41) is 0. The van der Waals surface area contributed by atoms with E-state index in [4.69, 9.17) is 4.74 Å². The summed E-state index contributed by atoms with van der Waals surface area (Å²) in [6.45, 7) is 0.972. The van der Waals surface area contributed by atoms with Gasteiger partial charge in [0.2, 0.25) is 0 Å². The van der Waals surface area contributed by atoms with E-state index in [-0.39, 0.29) is 0 Å². The average molecular weight is 180 g/mol. The maximum Gasteiger partial charge on any atom is 0.0755 e. The van der Waals surface area contributed by atoms with E-state index in [0.29, 0.717) is 6.10 Å². The number of allylic oxidation sites excluding steroid dienone is 1. The van der Waals surface area contributed by atoms with E-state index in [9.17, 15) is 0 Å². The quantitative estimate of drug-likeness (QED) is 0.592. The molecule has 1 saturated carbocycles. The molecule has 74 valence electrons. The fraction of sp³-hybridized carbons (Fsp3) is 0.833. The Kier molecular flexibility index (Phi) is 3.42. The van der Waals surface area contributed by atoms with Crippen molar-refractivity contribution in [3.63, 3.8) is 0 Å². The molecule has 0 aromatic heterocycles. The van der Waals surface area contributed by atoms with Crippen LogP contribution in [-0.4, -0.2) is 12.7 Å². The van der Waals surface area contributed by atoms with Crippen LogP contribution in [0.15, 0.2) is 12.2 Å². The maximum atomic E-state index is 5.65.